The molecule has 1 aliphatic rings. The highest BCUT2D eigenvalue weighted by atomic mass is 19.1. The van der Waals surface area contributed by atoms with E-state index in [2.05, 4.69) is 27.6 Å². The molecule has 0 spiro atoms. The molecule has 1 atom stereocenters. The van der Waals surface area contributed by atoms with Crippen LogP contribution in [0, 0.1) is 5.82 Å². The number of rotatable bonds is 6. The predicted octanol–water partition coefficient (Wildman–Crippen LogP) is 3.71. The van der Waals surface area contributed by atoms with Crippen LogP contribution < -0.4 is 5.32 Å². The number of hydrogen-bond acceptors (Lipinski definition) is 3. The van der Waals surface area contributed by atoms with Crippen molar-refractivity contribution in [2.75, 3.05) is 6.54 Å². The highest BCUT2D eigenvalue weighted by Crippen LogP contribution is 2.30. The van der Waals surface area contributed by atoms with Crippen LogP contribution in [-0.4, -0.2) is 27.2 Å². The van der Waals surface area contributed by atoms with Crippen molar-refractivity contribution in [3.05, 3.63) is 71.8 Å². The summed E-state index contributed by atoms with van der Waals surface area (Å²) in [5, 5.41) is 11.6. The van der Waals surface area contributed by atoms with Crippen LogP contribution in [0.1, 0.15) is 36.6 Å². The molecule has 0 saturated heterocycles. The van der Waals surface area contributed by atoms with Gasteiger partial charge in [0, 0.05) is 18.7 Å². The molecular weight excluding hydrogens is 355 g/mol. The lowest BCUT2D eigenvalue weighted by Crippen LogP contribution is -2.34. The van der Waals surface area contributed by atoms with E-state index in [1.165, 1.54) is 17.7 Å². The smallest absolute Gasteiger partial charge is 0.230 e. The molecular formula is C22H23FN4O. The van der Waals surface area contributed by atoms with E-state index in [1.807, 2.05) is 22.8 Å². The van der Waals surface area contributed by atoms with Gasteiger partial charge in [0.1, 0.15) is 11.6 Å². The molecule has 1 amide bonds. The SMILES string of the molecule is O=C(NCCCc1ccccc1)C1CCCn2c(-c3ccc(F)cc3)nnc21. The van der Waals surface area contributed by atoms with E-state index in [1.54, 1.807) is 12.1 Å². The van der Waals surface area contributed by atoms with Gasteiger partial charge >= 0.3 is 0 Å². The molecule has 1 aromatic heterocycles. The fourth-order valence-electron chi connectivity index (χ4n) is 3.71. The van der Waals surface area contributed by atoms with Crippen molar-refractivity contribution in [2.24, 2.45) is 0 Å². The second kappa shape index (κ2) is 8.33. The highest BCUT2D eigenvalue weighted by Gasteiger charge is 2.30. The van der Waals surface area contributed by atoms with Crippen molar-refractivity contribution in [1.29, 1.82) is 0 Å². The highest BCUT2D eigenvalue weighted by molar-refractivity contribution is 5.83. The minimum absolute atomic E-state index is 0.00654. The van der Waals surface area contributed by atoms with Crippen LogP contribution in [0.4, 0.5) is 4.39 Å². The Morgan fingerprint density at radius 1 is 1.11 bits per heavy atom. The molecule has 28 heavy (non-hydrogen) atoms. The van der Waals surface area contributed by atoms with E-state index < -0.39 is 0 Å². The van der Waals surface area contributed by atoms with Gasteiger partial charge in [0.05, 0.1) is 5.92 Å². The Morgan fingerprint density at radius 3 is 2.68 bits per heavy atom. The van der Waals surface area contributed by atoms with Crippen molar-refractivity contribution in [3.63, 3.8) is 0 Å². The maximum absolute atomic E-state index is 13.2. The summed E-state index contributed by atoms with van der Waals surface area (Å²) in [6.45, 7) is 1.41. The molecule has 0 fully saturated rings. The van der Waals surface area contributed by atoms with E-state index in [-0.39, 0.29) is 17.6 Å². The van der Waals surface area contributed by atoms with E-state index in [4.69, 9.17) is 0 Å². The number of carbonyl (C=O) groups is 1. The Bertz CT molecular complexity index is 937. The van der Waals surface area contributed by atoms with Gasteiger partial charge in [0.2, 0.25) is 5.91 Å². The molecule has 6 heteroatoms. The minimum Gasteiger partial charge on any atom is -0.355 e. The van der Waals surface area contributed by atoms with E-state index in [0.29, 0.717) is 18.2 Å². The molecule has 0 radical (unpaired) electrons. The van der Waals surface area contributed by atoms with Crippen molar-refractivity contribution < 1.29 is 9.18 Å². The first-order chi connectivity index (χ1) is 13.7. The Balaban J connectivity index is 1.40. The number of amides is 1. The summed E-state index contributed by atoms with van der Waals surface area (Å²) in [6, 6.07) is 16.5. The normalized spacial score (nSPS) is 15.8. The molecule has 2 heterocycles. The van der Waals surface area contributed by atoms with E-state index in [9.17, 15) is 9.18 Å². The summed E-state index contributed by atoms with van der Waals surface area (Å²) in [5.41, 5.74) is 2.09. The molecule has 1 unspecified atom stereocenters. The van der Waals surface area contributed by atoms with Crippen molar-refractivity contribution in [1.82, 2.24) is 20.1 Å². The second-order valence-corrected chi connectivity index (χ2v) is 7.12. The van der Waals surface area contributed by atoms with Crippen LogP contribution in [0.25, 0.3) is 11.4 Å². The number of hydrogen-bond donors (Lipinski definition) is 1. The number of nitrogens with one attached hydrogen (secondary N) is 1. The summed E-state index contributed by atoms with van der Waals surface area (Å²) in [4.78, 5) is 12.7. The van der Waals surface area contributed by atoms with Gasteiger partial charge in [0.25, 0.3) is 0 Å². The number of aryl methyl sites for hydroxylation is 1. The molecule has 0 bridgehead atoms. The van der Waals surface area contributed by atoms with Gasteiger partial charge in [-0.2, -0.15) is 0 Å². The molecule has 3 aromatic rings. The zero-order chi connectivity index (χ0) is 19.3. The maximum atomic E-state index is 13.2. The average Bonchev–Trinajstić information content (AvgIpc) is 3.16. The van der Waals surface area contributed by atoms with Crippen LogP contribution in [-0.2, 0) is 17.8 Å². The van der Waals surface area contributed by atoms with E-state index >= 15 is 0 Å². The summed E-state index contributed by atoms with van der Waals surface area (Å²) >= 11 is 0. The van der Waals surface area contributed by atoms with Crippen molar-refractivity contribution in [3.8, 4) is 11.4 Å². The van der Waals surface area contributed by atoms with Crippen LogP contribution >= 0.6 is 0 Å². The van der Waals surface area contributed by atoms with Crippen LogP contribution in [0.3, 0.4) is 0 Å². The van der Waals surface area contributed by atoms with Crippen molar-refractivity contribution in [2.45, 2.75) is 38.1 Å². The third kappa shape index (κ3) is 3.96. The molecule has 0 aliphatic carbocycles. The first-order valence-corrected chi connectivity index (χ1v) is 9.73. The van der Waals surface area contributed by atoms with Gasteiger partial charge in [0.15, 0.2) is 5.82 Å². The Morgan fingerprint density at radius 2 is 1.89 bits per heavy atom. The summed E-state index contributed by atoms with van der Waals surface area (Å²) < 4.78 is 15.2. The standard InChI is InChI=1S/C22H23FN4O/c23-18-12-10-17(11-13-18)20-25-26-21-19(9-5-15-27(20)21)22(28)24-14-4-8-16-6-2-1-3-7-16/h1-3,6-7,10-13,19H,4-5,8-9,14-15H2,(H,24,28). The van der Waals surface area contributed by atoms with Crippen molar-refractivity contribution >= 4 is 5.91 Å². The topological polar surface area (TPSA) is 59.8 Å². The Labute approximate surface area is 163 Å². The predicted molar refractivity (Wildman–Crippen MR) is 105 cm³/mol. The van der Waals surface area contributed by atoms with Crippen LogP contribution in [0.5, 0.6) is 0 Å². The number of aromatic nitrogens is 3. The Kier molecular flexibility index (Phi) is 5.46. The first-order valence-electron chi connectivity index (χ1n) is 9.73. The van der Waals surface area contributed by atoms with Gasteiger partial charge in [-0.15, -0.1) is 10.2 Å². The molecule has 2 aromatic carbocycles. The van der Waals surface area contributed by atoms with Gasteiger partial charge in [-0.1, -0.05) is 30.3 Å². The third-order valence-electron chi connectivity index (χ3n) is 5.17. The largest absolute Gasteiger partial charge is 0.355 e. The molecule has 5 nitrogen and oxygen atoms in total. The lowest BCUT2D eigenvalue weighted by Gasteiger charge is -2.23. The fourth-order valence-corrected chi connectivity index (χ4v) is 3.71. The zero-order valence-electron chi connectivity index (χ0n) is 15.6. The zero-order valence-corrected chi connectivity index (χ0v) is 15.6. The van der Waals surface area contributed by atoms with Crippen LogP contribution in [0.2, 0.25) is 0 Å². The van der Waals surface area contributed by atoms with Crippen LogP contribution in [0.15, 0.2) is 54.6 Å². The summed E-state index contributed by atoms with van der Waals surface area (Å²) in [7, 11) is 0. The number of benzene rings is 2. The quantitative estimate of drug-likeness (QED) is 0.665. The second-order valence-electron chi connectivity index (χ2n) is 7.12. The number of halogens is 1. The molecule has 0 saturated carbocycles. The molecule has 144 valence electrons. The monoisotopic (exact) mass is 378 g/mol. The van der Waals surface area contributed by atoms with E-state index in [0.717, 1.165) is 37.8 Å². The molecule has 1 aliphatic heterocycles. The molecule has 1 N–H and O–H groups in total. The third-order valence-corrected chi connectivity index (χ3v) is 5.17. The lowest BCUT2D eigenvalue weighted by molar-refractivity contribution is -0.123. The molecule has 4 rings (SSSR count). The van der Waals surface area contributed by atoms with Gasteiger partial charge in [-0.05, 0) is 55.5 Å². The number of nitrogens with zero attached hydrogens (tertiary/aromatic N) is 3. The average molecular weight is 378 g/mol. The van der Waals surface area contributed by atoms with Gasteiger partial charge in [-0.3, -0.25) is 4.79 Å². The lowest BCUT2D eigenvalue weighted by atomic mass is 9.97. The maximum Gasteiger partial charge on any atom is 0.230 e. The van der Waals surface area contributed by atoms with Gasteiger partial charge < -0.3 is 9.88 Å². The Hall–Kier alpha value is -3.02. The fraction of sp³-hybridized carbons (Fsp3) is 0.318. The summed E-state index contributed by atoms with van der Waals surface area (Å²) in [5.74, 6) is 0.830. The minimum atomic E-state index is -0.285. The van der Waals surface area contributed by atoms with Gasteiger partial charge in [-0.25, -0.2) is 4.39 Å². The number of fused-ring (bicyclic) bond motifs is 1. The first kappa shape index (κ1) is 18.3. The number of carbonyl (C=O) groups excluding carboxylic acids is 1. The summed E-state index contributed by atoms with van der Waals surface area (Å²) in [6.07, 6.45) is 3.50.